The van der Waals surface area contributed by atoms with E-state index in [2.05, 4.69) is 5.32 Å². The van der Waals surface area contributed by atoms with Crippen LogP contribution in [0.2, 0.25) is 5.02 Å². The highest BCUT2D eigenvalue weighted by atomic mass is 35.5. The zero-order valence-corrected chi connectivity index (χ0v) is 16.3. The monoisotopic (exact) mass is 404 g/mol. The van der Waals surface area contributed by atoms with Crippen molar-refractivity contribution in [2.75, 3.05) is 32.8 Å². The number of β-amino-alcohol motifs (C(OH)–C–C–N with tert-alkyl or cyclic N) is 1. The number of carbonyl (C=O) groups excluding carboxylic acids is 1. The van der Waals surface area contributed by atoms with Gasteiger partial charge < -0.3 is 25.2 Å². The highest BCUT2D eigenvalue weighted by Crippen LogP contribution is 2.24. The highest BCUT2D eigenvalue weighted by molar-refractivity contribution is 6.30. The molecule has 6 nitrogen and oxygen atoms in total. The predicted molar refractivity (Wildman–Crippen MR) is 108 cm³/mol. The maximum atomic E-state index is 12.6. The smallest absolute Gasteiger partial charge is 0.253 e. The zero-order chi connectivity index (χ0) is 20.0. The number of hydrogen-bond donors (Lipinski definition) is 3. The van der Waals surface area contributed by atoms with Gasteiger partial charge in [-0.3, -0.25) is 4.79 Å². The van der Waals surface area contributed by atoms with Crippen LogP contribution in [0.1, 0.15) is 16.8 Å². The van der Waals surface area contributed by atoms with Crippen molar-refractivity contribution in [2.45, 2.75) is 18.1 Å². The van der Waals surface area contributed by atoms with Gasteiger partial charge in [-0.1, -0.05) is 29.8 Å². The lowest BCUT2D eigenvalue weighted by Gasteiger charge is -2.42. The largest absolute Gasteiger partial charge is 0.492 e. The first-order valence-electron chi connectivity index (χ1n) is 9.32. The number of carbonyl (C=O) groups is 1. The van der Waals surface area contributed by atoms with Crippen LogP contribution in [0.5, 0.6) is 5.75 Å². The molecule has 28 heavy (non-hydrogen) atoms. The van der Waals surface area contributed by atoms with E-state index in [0.717, 1.165) is 5.75 Å². The summed E-state index contributed by atoms with van der Waals surface area (Å²) < 4.78 is 5.59. The van der Waals surface area contributed by atoms with E-state index in [0.29, 0.717) is 36.7 Å². The number of benzene rings is 2. The number of likely N-dealkylation sites (tertiary alicyclic amines) is 1. The van der Waals surface area contributed by atoms with Crippen molar-refractivity contribution < 1.29 is 19.7 Å². The van der Waals surface area contributed by atoms with E-state index in [9.17, 15) is 15.0 Å². The van der Waals surface area contributed by atoms with Crippen molar-refractivity contribution in [1.82, 2.24) is 10.2 Å². The van der Waals surface area contributed by atoms with Gasteiger partial charge in [-0.15, -0.1) is 0 Å². The molecule has 1 heterocycles. The third kappa shape index (κ3) is 5.23. The molecule has 0 saturated carbocycles. The molecule has 7 heteroatoms. The lowest BCUT2D eigenvalue weighted by molar-refractivity contribution is -0.110. The molecule has 0 radical (unpaired) electrons. The molecular weight excluding hydrogens is 380 g/mol. The van der Waals surface area contributed by atoms with E-state index in [1.165, 1.54) is 0 Å². The Bertz CT molecular complexity index is 772. The summed E-state index contributed by atoms with van der Waals surface area (Å²) in [5, 5.41) is 24.9. The van der Waals surface area contributed by atoms with Crippen LogP contribution in [0, 0.1) is 0 Å². The maximum absolute atomic E-state index is 12.6. The predicted octanol–water partition coefficient (Wildman–Crippen LogP) is 1.95. The second kappa shape index (κ2) is 9.39. The average molecular weight is 405 g/mol. The van der Waals surface area contributed by atoms with Gasteiger partial charge in [0.05, 0.1) is 0 Å². The molecule has 1 saturated heterocycles. The Morgan fingerprint density at radius 2 is 1.93 bits per heavy atom. The molecular formula is C21H25ClN2O4. The third-order valence-electron chi connectivity index (χ3n) is 4.93. The number of halogens is 1. The Labute approximate surface area is 169 Å². The number of aliphatic hydroxyl groups is 2. The lowest BCUT2D eigenvalue weighted by Crippen LogP contribution is -2.60. The van der Waals surface area contributed by atoms with E-state index in [-0.39, 0.29) is 19.0 Å². The minimum atomic E-state index is -1.27. The van der Waals surface area contributed by atoms with E-state index >= 15 is 0 Å². The molecule has 0 aromatic heterocycles. The van der Waals surface area contributed by atoms with E-state index in [1.54, 1.807) is 29.2 Å². The van der Waals surface area contributed by atoms with Gasteiger partial charge >= 0.3 is 0 Å². The van der Waals surface area contributed by atoms with Gasteiger partial charge in [-0.05, 0) is 42.8 Å². The Balaban J connectivity index is 1.44. The van der Waals surface area contributed by atoms with Crippen LogP contribution in [0.4, 0.5) is 0 Å². The summed E-state index contributed by atoms with van der Waals surface area (Å²) in [6, 6.07) is 16.1. The highest BCUT2D eigenvalue weighted by Gasteiger charge is 2.41. The number of rotatable bonds is 7. The van der Waals surface area contributed by atoms with Crippen LogP contribution in [0.25, 0.3) is 0 Å². The van der Waals surface area contributed by atoms with Gasteiger partial charge in [0.1, 0.15) is 24.1 Å². The van der Waals surface area contributed by atoms with E-state index in [1.807, 2.05) is 30.3 Å². The standard InChI is InChI=1S/C21H25ClN2O4/c22-17-8-6-16(7-9-17)20(26)24-12-10-21(27,19(25)14-24)15-23-11-13-28-18-4-2-1-3-5-18/h1-9,19,23,25,27H,10-15H2/t19-,21-/m0/s1. The summed E-state index contributed by atoms with van der Waals surface area (Å²) in [7, 11) is 0. The molecule has 0 spiro atoms. The first-order chi connectivity index (χ1) is 13.5. The third-order valence-corrected chi connectivity index (χ3v) is 5.18. The quantitative estimate of drug-likeness (QED) is 0.614. The zero-order valence-electron chi connectivity index (χ0n) is 15.6. The fourth-order valence-corrected chi connectivity index (χ4v) is 3.32. The molecule has 1 fully saturated rings. The van der Waals surface area contributed by atoms with Crippen LogP contribution in [-0.2, 0) is 0 Å². The molecule has 2 aromatic carbocycles. The molecule has 2 atom stereocenters. The van der Waals surface area contributed by atoms with Gasteiger partial charge in [0.2, 0.25) is 0 Å². The molecule has 0 bridgehead atoms. The first kappa shape index (κ1) is 20.6. The van der Waals surface area contributed by atoms with Crippen LogP contribution in [0.3, 0.4) is 0 Å². The van der Waals surface area contributed by atoms with Crippen LogP contribution in [0.15, 0.2) is 54.6 Å². The number of nitrogens with one attached hydrogen (secondary N) is 1. The lowest BCUT2D eigenvalue weighted by atomic mass is 9.88. The summed E-state index contributed by atoms with van der Waals surface area (Å²) in [6.45, 7) is 1.68. The molecule has 0 aliphatic carbocycles. The van der Waals surface area contributed by atoms with Crippen molar-refractivity contribution in [2.24, 2.45) is 0 Å². The number of ether oxygens (including phenoxy) is 1. The number of nitrogens with zero attached hydrogens (tertiary/aromatic N) is 1. The number of para-hydroxylation sites is 1. The van der Waals surface area contributed by atoms with Gasteiger partial charge in [0.25, 0.3) is 5.91 Å². The second-order valence-corrected chi connectivity index (χ2v) is 7.40. The molecule has 0 unspecified atom stereocenters. The van der Waals surface area contributed by atoms with Crippen molar-refractivity contribution in [3.63, 3.8) is 0 Å². The Hall–Kier alpha value is -2.12. The van der Waals surface area contributed by atoms with Gasteiger partial charge in [0, 0.05) is 36.8 Å². The first-order valence-corrected chi connectivity index (χ1v) is 9.69. The number of amides is 1. The van der Waals surface area contributed by atoms with E-state index in [4.69, 9.17) is 16.3 Å². The molecule has 1 aliphatic heterocycles. The van der Waals surface area contributed by atoms with Crippen molar-refractivity contribution >= 4 is 17.5 Å². The van der Waals surface area contributed by atoms with Gasteiger partial charge in [-0.2, -0.15) is 0 Å². The fraction of sp³-hybridized carbons (Fsp3) is 0.381. The van der Waals surface area contributed by atoms with Crippen molar-refractivity contribution in [1.29, 1.82) is 0 Å². The minimum absolute atomic E-state index is 0.0835. The molecule has 1 aliphatic rings. The maximum Gasteiger partial charge on any atom is 0.253 e. The number of piperidine rings is 1. The normalized spacial score (nSPS) is 22.1. The van der Waals surface area contributed by atoms with Crippen LogP contribution >= 0.6 is 11.6 Å². The van der Waals surface area contributed by atoms with Crippen molar-refractivity contribution in [3.05, 3.63) is 65.2 Å². The van der Waals surface area contributed by atoms with Crippen molar-refractivity contribution in [3.8, 4) is 5.75 Å². The van der Waals surface area contributed by atoms with Gasteiger partial charge in [-0.25, -0.2) is 0 Å². The topological polar surface area (TPSA) is 82.0 Å². The fourth-order valence-electron chi connectivity index (χ4n) is 3.19. The van der Waals surface area contributed by atoms with E-state index < -0.39 is 11.7 Å². The Morgan fingerprint density at radius 1 is 1.21 bits per heavy atom. The summed E-state index contributed by atoms with van der Waals surface area (Å²) in [5.74, 6) is 0.610. The SMILES string of the molecule is O=C(c1ccc(Cl)cc1)N1CC[C@](O)(CNCCOc2ccccc2)[C@@H](O)C1. The molecule has 3 N–H and O–H groups in total. The summed E-state index contributed by atoms with van der Waals surface area (Å²) >= 11 is 5.85. The summed E-state index contributed by atoms with van der Waals surface area (Å²) in [6.07, 6.45) is -0.736. The Kier molecular flexibility index (Phi) is 6.91. The van der Waals surface area contributed by atoms with Crippen LogP contribution in [-0.4, -0.2) is 65.5 Å². The van der Waals surface area contributed by atoms with Gasteiger partial charge in [0.15, 0.2) is 0 Å². The molecule has 1 amide bonds. The number of aliphatic hydroxyl groups excluding tert-OH is 1. The molecule has 2 aromatic rings. The molecule has 150 valence electrons. The minimum Gasteiger partial charge on any atom is -0.492 e. The van der Waals surface area contributed by atoms with Crippen LogP contribution < -0.4 is 10.1 Å². The summed E-state index contributed by atoms with van der Waals surface area (Å²) in [5.41, 5.74) is -0.762. The second-order valence-electron chi connectivity index (χ2n) is 6.97. The average Bonchev–Trinajstić information content (AvgIpc) is 2.71. The summed E-state index contributed by atoms with van der Waals surface area (Å²) in [4.78, 5) is 14.1. The molecule has 3 rings (SSSR count). The number of hydrogen-bond acceptors (Lipinski definition) is 5. The Morgan fingerprint density at radius 3 is 2.61 bits per heavy atom.